The first kappa shape index (κ1) is 32.7. The quantitative estimate of drug-likeness (QED) is 0.271. The second-order valence-corrected chi connectivity index (χ2v) is 14.1. The number of amides is 2. The zero-order valence-corrected chi connectivity index (χ0v) is 26.4. The van der Waals surface area contributed by atoms with Crippen molar-refractivity contribution in [3.8, 4) is 11.5 Å². The number of alkyl halides is 2. The van der Waals surface area contributed by atoms with Crippen LogP contribution in [0.25, 0.3) is 11.5 Å². The molecule has 3 heterocycles. The van der Waals surface area contributed by atoms with Gasteiger partial charge in [-0.15, -0.1) is 10.2 Å². The number of nitrogens with one attached hydrogen (secondary N) is 1. The number of carbonyl (C=O) groups is 1. The Morgan fingerprint density at radius 1 is 0.894 bits per heavy atom. The van der Waals surface area contributed by atoms with Gasteiger partial charge >= 0.3 is 12.5 Å². The molecule has 0 saturated carbocycles. The van der Waals surface area contributed by atoms with Crippen LogP contribution in [0.2, 0.25) is 0 Å². The fraction of sp³-hybridized carbons (Fsp3) is 0.364. The Labute approximate surface area is 271 Å². The molecule has 47 heavy (non-hydrogen) atoms. The molecule has 2 aliphatic heterocycles. The molecule has 2 saturated heterocycles. The molecule has 0 bridgehead atoms. The van der Waals surface area contributed by atoms with Crippen molar-refractivity contribution in [2.45, 2.75) is 31.3 Å². The van der Waals surface area contributed by atoms with Crippen LogP contribution in [-0.2, 0) is 29.5 Å². The summed E-state index contributed by atoms with van der Waals surface area (Å²) in [6.45, 7) is 5.39. The zero-order chi connectivity index (χ0) is 33.0. The molecule has 2 amide bonds. The van der Waals surface area contributed by atoms with Gasteiger partial charge in [-0.25, -0.2) is 17.6 Å². The Bertz CT molecular complexity index is 1780. The standard InChI is InChI=1S/C33H35F3N6O4S/c34-28-18-26(31-38-39-32(46-31)30(35)36)10-11-27(28)19-37-33(43)42-16-17-47(44,45)29(22-42)25-8-6-24(7-9-25)21-41-14-12-40(13-15-41)20-23-4-2-1-3-5-23/h1-11,18,29-30H,12-17,19-22H2,(H,37,43). The molecular weight excluding hydrogens is 633 g/mol. The first-order chi connectivity index (χ1) is 22.6. The number of hydrogen-bond donors (Lipinski definition) is 1. The van der Waals surface area contributed by atoms with Gasteiger partial charge in [-0.05, 0) is 28.8 Å². The second-order valence-electron chi connectivity index (χ2n) is 11.8. The van der Waals surface area contributed by atoms with E-state index in [1.54, 1.807) is 0 Å². The maximum absolute atomic E-state index is 14.8. The number of aromatic nitrogens is 2. The topological polar surface area (TPSA) is 112 Å². The highest BCUT2D eigenvalue weighted by Gasteiger charge is 2.36. The van der Waals surface area contributed by atoms with Crippen LogP contribution in [0.4, 0.5) is 18.0 Å². The van der Waals surface area contributed by atoms with Gasteiger partial charge in [-0.1, -0.05) is 60.7 Å². The van der Waals surface area contributed by atoms with E-state index < -0.39 is 39.3 Å². The summed E-state index contributed by atoms with van der Waals surface area (Å²) >= 11 is 0. The van der Waals surface area contributed by atoms with E-state index in [0.717, 1.165) is 50.9 Å². The minimum absolute atomic E-state index is 0.0179. The molecule has 0 aliphatic carbocycles. The van der Waals surface area contributed by atoms with Gasteiger partial charge in [0.05, 0.1) is 5.75 Å². The molecule has 1 N–H and O–H groups in total. The Morgan fingerprint density at radius 3 is 2.17 bits per heavy atom. The van der Waals surface area contributed by atoms with Gasteiger partial charge in [0.2, 0.25) is 5.89 Å². The lowest BCUT2D eigenvalue weighted by atomic mass is 10.1. The number of urea groups is 1. The largest absolute Gasteiger partial charge is 0.415 e. The lowest BCUT2D eigenvalue weighted by Gasteiger charge is -2.35. The Kier molecular flexibility index (Phi) is 9.89. The summed E-state index contributed by atoms with van der Waals surface area (Å²) < 4.78 is 71.2. The number of nitrogens with zero attached hydrogens (tertiary/aromatic N) is 5. The molecule has 248 valence electrons. The van der Waals surface area contributed by atoms with E-state index in [0.29, 0.717) is 5.56 Å². The normalized spacial score (nSPS) is 18.8. The number of carbonyl (C=O) groups excluding carboxylic acids is 1. The van der Waals surface area contributed by atoms with Crippen molar-refractivity contribution in [1.29, 1.82) is 0 Å². The van der Waals surface area contributed by atoms with Crippen LogP contribution in [-0.4, -0.2) is 84.4 Å². The average Bonchev–Trinajstić information content (AvgIpc) is 3.57. The lowest BCUT2D eigenvalue weighted by molar-refractivity contribution is 0.116. The molecule has 10 nitrogen and oxygen atoms in total. The molecule has 0 radical (unpaired) electrons. The average molecular weight is 669 g/mol. The molecule has 2 aliphatic rings. The molecular formula is C33H35F3N6O4S. The van der Waals surface area contributed by atoms with Crippen LogP contribution in [0.3, 0.4) is 0 Å². The molecule has 0 spiro atoms. The number of sulfone groups is 1. The van der Waals surface area contributed by atoms with Gasteiger partial charge in [0.15, 0.2) is 9.84 Å². The summed E-state index contributed by atoms with van der Waals surface area (Å²) in [7, 11) is -3.49. The fourth-order valence-corrected chi connectivity index (χ4v) is 7.61. The monoisotopic (exact) mass is 668 g/mol. The fourth-order valence-electron chi connectivity index (χ4n) is 5.87. The van der Waals surface area contributed by atoms with E-state index in [4.69, 9.17) is 4.42 Å². The molecule has 2 fully saturated rings. The third-order valence-electron chi connectivity index (χ3n) is 8.58. The van der Waals surface area contributed by atoms with Crippen molar-refractivity contribution < 1.29 is 30.8 Å². The van der Waals surface area contributed by atoms with Crippen molar-refractivity contribution in [3.05, 3.63) is 107 Å². The number of hydrogen-bond acceptors (Lipinski definition) is 8. The maximum atomic E-state index is 14.8. The number of rotatable bonds is 9. The predicted octanol–water partition coefficient (Wildman–Crippen LogP) is 4.81. The van der Waals surface area contributed by atoms with E-state index in [9.17, 15) is 26.4 Å². The van der Waals surface area contributed by atoms with E-state index in [1.807, 2.05) is 30.3 Å². The molecule has 14 heteroatoms. The first-order valence-corrected chi connectivity index (χ1v) is 17.1. The van der Waals surface area contributed by atoms with Crippen molar-refractivity contribution >= 4 is 15.9 Å². The molecule has 6 rings (SSSR count). The van der Waals surface area contributed by atoms with E-state index >= 15 is 0 Å². The summed E-state index contributed by atoms with van der Waals surface area (Å²) in [5.41, 5.74) is 3.28. The molecule has 1 unspecified atom stereocenters. The van der Waals surface area contributed by atoms with Crippen molar-refractivity contribution in [2.24, 2.45) is 0 Å². The minimum Gasteiger partial charge on any atom is -0.415 e. The van der Waals surface area contributed by atoms with E-state index in [-0.39, 0.29) is 42.4 Å². The summed E-state index contributed by atoms with van der Waals surface area (Å²) in [5.74, 6) is -2.00. The first-order valence-electron chi connectivity index (χ1n) is 15.4. The summed E-state index contributed by atoms with van der Waals surface area (Å²) in [6, 6.07) is 21.3. The third kappa shape index (κ3) is 8.00. The third-order valence-corrected chi connectivity index (χ3v) is 10.6. The molecule has 3 aromatic carbocycles. The van der Waals surface area contributed by atoms with Gasteiger partial charge in [0, 0.05) is 70.0 Å². The van der Waals surface area contributed by atoms with Crippen LogP contribution in [0.5, 0.6) is 0 Å². The van der Waals surface area contributed by atoms with E-state index in [1.165, 1.54) is 22.6 Å². The smallest absolute Gasteiger partial charge is 0.317 e. The summed E-state index contributed by atoms with van der Waals surface area (Å²) in [4.78, 5) is 19.3. The van der Waals surface area contributed by atoms with Gasteiger partial charge in [0.25, 0.3) is 5.89 Å². The molecule has 1 atom stereocenters. The van der Waals surface area contributed by atoms with Crippen LogP contribution >= 0.6 is 0 Å². The molecule has 1 aromatic heterocycles. The Hall–Kier alpha value is -4.27. The minimum atomic E-state index is -3.49. The summed E-state index contributed by atoms with van der Waals surface area (Å²) in [6.07, 6.45) is -2.94. The second kappa shape index (κ2) is 14.2. The van der Waals surface area contributed by atoms with E-state index in [2.05, 4.69) is 49.6 Å². The lowest BCUT2D eigenvalue weighted by Crippen LogP contribution is -2.49. The number of piperazine rings is 1. The van der Waals surface area contributed by atoms with Crippen molar-refractivity contribution in [1.82, 2.24) is 30.2 Å². The van der Waals surface area contributed by atoms with Gasteiger partial charge < -0.3 is 14.6 Å². The van der Waals surface area contributed by atoms with Gasteiger partial charge in [0.1, 0.15) is 11.1 Å². The van der Waals surface area contributed by atoms with Crippen LogP contribution in [0.15, 0.2) is 77.2 Å². The maximum Gasteiger partial charge on any atom is 0.317 e. The van der Waals surface area contributed by atoms with Gasteiger partial charge in [-0.3, -0.25) is 9.80 Å². The predicted molar refractivity (Wildman–Crippen MR) is 168 cm³/mol. The summed E-state index contributed by atoms with van der Waals surface area (Å²) in [5, 5.41) is 8.52. The van der Waals surface area contributed by atoms with Crippen LogP contribution in [0.1, 0.15) is 39.8 Å². The van der Waals surface area contributed by atoms with Crippen molar-refractivity contribution in [2.75, 3.05) is 45.0 Å². The Morgan fingerprint density at radius 2 is 1.55 bits per heavy atom. The highest BCUT2D eigenvalue weighted by Crippen LogP contribution is 2.29. The Balaban J connectivity index is 1.01. The SMILES string of the molecule is O=C(NCc1ccc(-c2nnc(C(F)F)o2)cc1F)N1CCS(=O)(=O)C(c2ccc(CN3CCN(Cc4ccccc4)CC3)cc2)C1. The van der Waals surface area contributed by atoms with Gasteiger partial charge in [-0.2, -0.15) is 8.78 Å². The number of halogens is 3. The number of benzene rings is 3. The highest BCUT2D eigenvalue weighted by atomic mass is 32.2. The zero-order valence-electron chi connectivity index (χ0n) is 25.6. The van der Waals surface area contributed by atoms with Crippen LogP contribution < -0.4 is 5.32 Å². The van der Waals surface area contributed by atoms with Crippen molar-refractivity contribution in [3.63, 3.8) is 0 Å². The highest BCUT2D eigenvalue weighted by molar-refractivity contribution is 7.91. The van der Waals surface area contributed by atoms with Crippen LogP contribution in [0, 0.1) is 5.82 Å². The molecule has 4 aromatic rings.